The molecule has 1 fully saturated rings. The maximum absolute atomic E-state index is 10.9. The molecule has 34 heavy (non-hydrogen) atoms. The van der Waals surface area contributed by atoms with Gasteiger partial charge in [0.25, 0.3) is 0 Å². The van der Waals surface area contributed by atoms with Crippen molar-refractivity contribution in [2.45, 2.75) is 11.4 Å². The minimum absolute atomic E-state index is 0.0777. The highest BCUT2D eigenvalue weighted by Crippen LogP contribution is 2.52. The van der Waals surface area contributed by atoms with Gasteiger partial charge in [-0.3, -0.25) is 9.11 Å². The summed E-state index contributed by atoms with van der Waals surface area (Å²) in [4.78, 5) is 7.51. The number of halogens is 1. The van der Waals surface area contributed by atoms with E-state index in [-0.39, 0.29) is 11.2 Å². The second-order valence-electron chi connectivity index (χ2n) is 9.01. The van der Waals surface area contributed by atoms with Crippen LogP contribution in [0.25, 0.3) is 10.9 Å². The van der Waals surface area contributed by atoms with E-state index in [2.05, 4.69) is 10.2 Å². The number of fused-ring (bicyclic) bond motifs is 2. The lowest BCUT2D eigenvalue weighted by atomic mass is 9.86. The normalized spacial score (nSPS) is 19.6. The van der Waals surface area contributed by atoms with Gasteiger partial charge in [0.1, 0.15) is 11.6 Å². The maximum Gasteiger partial charge on any atom is 0.131 e. The van der Waals surface area contributed by atoms with E-state index in [1.807, 2.05) is 36.4 Å². The average molecular weight is 505 g/mol. The van der Waals surface area contributed by atoms with E-state index < -0.39 is 10.6 Å². The number of nitrogens with one attached hydrogen (secondary N) is 1. The number of methoxy groups -OCH3 is 1. The minimum atomic E-state index is -2.95. The molecule has 3 aromatic rings. The van der Waals surface area contributed by atoms with Crippen LogP contribution in [0.4, 0.5) is 11.5 Å². The summed E-state index contributed by atoms with van der Waals surface area (Å²) in [5.41, 5.74) is 8.50. The van der Waals surface area contributed by atoms with Crippen molar-refractivity contribution in [3.05, 3.63) is 53.1 Å². The van der Waals surface area contributed by atoms with Crippen LogP contribution < -0.4 is 20.7 Å². The Morgan fingerprint density at radius 1 is 1.24 bits per heavy atom. The van der Waals surface area contributed by atoms with Crippen LogP contribution in [-0.2, 0) is 11.3 Å². The predicted molar refractivity (Wildman–Crippen MR) is 138 cm³/mol. The van der Waals surface area contributed by atoms with Crippen LogP contribution in [0.2, 0.25) is 5.02 Å². The van der Waals surface area contributed by atoms with Crippen LogP contribution in [0, 0.1) is 5.41 Å². The molecule has 1 saturated heterocycles. The third-order valence-corrected chi connectivity index (χ3v) is 8.69. The first kappa shape index (κ1) is 23.5. The summed E-state index contributed by atoms with van der Waals surface area (Å²) >= 11 is 6.30. The first-order valence-corrected chi connectivity index (χ1v) is 13.2. The summed E-state index contributed by atoms with van der Waals surface area (Å²) in [7, 11) is -1.38. The van der Waals surface area contributed by atoms with Gasteiger partial charge in [0, 0.05) is 59.8 Å². The standard InChI is InChI=1S/C24H29ClN4O4S/c1-32-18-4-2-16-11-29(6-7-34(30,31)22(16)9-18)23-10-21(27-13-24(12-26)14-33-15-24)19-8-17(25)3-5-20(19)28-23/h2-5,8-10,30-31H,6-7,11-15,26H2,1H3,(H,27,28). The van der Waals surface area contributed by atoms with E-state index in [9.17, 15) is 9.11 Å². The molecule has 0 bridgehead atoms. The van der Waals surface area contributed by atoms with Crippen LogP contribution in [0.5, 0.6) is 5.75 Å². The molecule has 2 aromatic carbocycles. The van der Waals surface area contributed by atoms with Gasteiger partial charge in [0.05, 0.1) is 36.5 Å². The van der Waals surface area contributed by atoms with Gasteiger partial charge in [-0.1, -0.05) is 17.7 Å². The molecule has 2 aliphatic heterocycles. The van der Waals surface area contributed by atoms with E-state index in [4.69, 9.17) is 31.8 Å². The van der Waals surface area contributed by atoms with E-state index in [0.717, 1.165) is 28.0 Å². The molecule has 5 rings (SSSR count). The Morgan fingerprint density at radius 2 is 2.06 bits per heavy atom. The van der Waals surface area contributed by atoms with Crippen molar-refractivity contribution in [2.24, 2.45) is 11.1 Å². The summed E-state index contributed by atoms with van der Waals surface area (Å²) in [6.07, 6.45) is 0. The number of hydrogen-bond donors (Lipinski definition) is 4. The lowest BCUT2D eigenvalue weighted by Crippen LogP contribution is -2.52. The molecular formula is C24H29ClN4O4S. The second-order valence-corrected chi connectivity index (χ2v) is 11.6. The predicted octanol–water partition coefficient (Wildman–Crippen LogP) is 4.41. The Morgan fingerprint density at radius 3 is 2.76 bits per heavy atom. The van der Waals surface area contributed by atoms with Crippen molar-refractivity contribution in [2.75, 3.05) is 55.9 Å². The Labute approximate surface area is 205 Å². The number of ether oxygens (including phenoxy) is 2. The quantitative estimate of drug-likeness (QED) is 0.390. The molecule has 0 saturated carbocycles. The van der Waals surface area contributed by atoms with Gasteiger partial charge in [-0.15, -0.1) is 0 Å². The van der Waals surface area contributed by atoms with E-state index >= 15 is 0 Å². The molecule has 1 aromatic heterocycles. The van der Waals surface area contributed by atoms with Crippen LogP contribution in [0.1, 0.15) is 5.56 Å². The molecule has 0 amide bonds. The largest absolute Gasteiger partial charge is 0.497 e. The lowest BCUT2D eigenvalue weighted by molar-refractivity contribution is -0.0979. The maximum atomic E-state index is 10.9. The number of rotatable bonds is 6. The zero-order valence-electron chi connectivity index (χ0n) is 19.0. The molecule has 0 radical (unpaired) electrons. The molecule has 8 nitrogen and oxygen atoms in total. The molecule has 0 atom stereocenters. The van der Waals surface area contributed by atoms with Crippen molar-refractivity contribution >= 4 is 44.6 Å². The van der Waals surface area contributed by atoms with Crippen molar-refractivity contribution in [3.8, 4) is 5.75 Å². The summed E-state index contributed by atoms with van der Waals surface area (Å²) in [5.74, 6) is 1.57. The van der Waals surface area contributed by atoms with E-state index in [1.165, 1.54) is 0 Å². The highest BCUT2D eigenvalue weighted by molar-refractivity contribution is 8.24. The second kappa shape index (κ2) is 9.07. The fourth-order valence-corrected chi connectivity index (χ4v) is 6.11. The third kappa shape index (κ3) is 4.39. The monoisotopic (exact) mass is 504 g/mol. The number of nitrogens with two attached hydrogens (primary N) is 1. The molecule has 0 aliphatic carbocycles. The SMILES string of the molecule is COc1ccc2c(c1)S(O)(O)CCN(c1cc(NCC3(CN)COC3)c3cc(Cl)ccc3n1)C2. The summed E-state index contributed by atoms with van der Waals surface area (Å²) in [6.45, 7) is 3.44. The summed E-state index contributed by atoms with van der Waals surface area (Å²) in [6, 6.07) is 13.1. The van der Waals surface area contributed by atoms with Crippen LogP contribution in [0.3, 0.4) is 0 Å². The van der Waals surface area contributed by atoms with Crippen molar-refractivity contribution in [1.29, 1.82) is 0 Å². The fraction of sp³-hybridized carbons (Fsp3) is 0.375. The molecule has 2 aliphatic rings. The smallest absolute Gasteiger partial charge is 0.131 e. The van der Waals surface area contributed by atoms with Gasteiger partial charge in [-0.25, -0.2) is 4.98 Å². The van der Waals surface area contributed by atoms with Gasteiger partial charge in [0.15, 0.2) is 0 Å². The van der Waals surface area contributed by atoms with Crippen molar-refractivity contribution < 1.29 is 18.6 Å². The first-order chi connectivity index (χ1) is 16.3. The van der Waals surface area contributed by atoms with Crippen molar-refractivity contribution in [3.63, 3.8) is 0 Å². The molecule has 0 unspecified atom stereocenters. The van der Waals surface area contributed by atoms with Crippen LogP contribution >= 0.6 is 22.2 Å². The van der Waals surface area contributed by atoms with Gasteiger partial charge >= 0.3 is 0 Å². The molecule has 0 spiro atoms. The first-order valence-electron chi connectivity index (χ1n) is 11.1. The number of nitrogens with zero attached hydrogens (tertiary/aromatic N) is 2. The summed E-state index contributed by atoms with van der Waals surface area (Å²) in [5, 5.41) is 5.12. The van der Waals surface area contributed by atoms with Gasteiger partial charge in [0.2, 0.25) is 0 Å². The number of aromatic nitrogens is 1. The number of benzene rings is 2. The van der Waals surface area contributed by atoms with E-state index in [0.29, 0.717) is 55.1 Å². The van der Waals surface area contributed by atoms with Crippen molar-refractivity contribution in [1.82, 2.24) is 4.98 Å². The number of hydrogen-bond acceptors (Lipinski definition) is 8. The molecular weight excluding hydrogens is 476 g/mol. The van der Waals surface area contributed by atoms with Crippen LogP contribution in [0.15, 0.2) is 47.4 Å². The topological polar surface area (TPSA) is 113 Å². The summed E-state index contributed by atoms with van der Waals surface area (Å²) < 4.78 is 32.5. The zero-order chi connectivity index (χ0) is 23.9. The highest BCUT2D eigenvalue weighted by atomic mass is 35.5. The average Bonchev–Trinajstić information content (AvgIpc) is 2.94. The Balaban J connectivity index is 1.52. The van der Waals surface area contributed by atoms with Gasteiger partial charge in [-0.05, 0) is 29.8 Å². The fourth-order valence-electron chi connectivity index (χ4n) is 4.38. The minimum Gasteiger partial charge on any atom is -0.497 e. The Hall–Kier alpha value is -2.27. The molecule has 3 heterocycles. The van der Waals surface area contributed by atoms with E-state index in [1.54, 1.807) is 13.2 Å². The number of anilines is 2. The molecule has 5 N–H and O–H groups in total. The highest BCUT2D eigenvalue weighted by Gasteiger charge is 2.37. The Bertz CT molecular complexity index is 1220. The molecule has 10 heteroatoms. The Kier molecular flexibility index (Phi) is 6.26. The lowest BCUT2D eigenvalue weighted by Gasteiger charge is -2.40. The zero-order valence-corrected chi connectivity index (χ0v) is 20.5. The van der Waals surface area contributed by atoms with Gasteiger partial charge < -0.3 is 25.4 Å². The molecule has 182 valence electrons. The third-order valence-electron chi connectivity index (χ3n) is 6.62. The van der Waals surface area contributed by atoms with Crippen LogP contribution in [-0.4, -0.2) is 59.8 Å². The van der Waals surface area contributed by atoms with Gasteiger partial charge in [-0.2, -0.15) is 10.6 Å². The number of pyridine rings is 1.